The molecule has 1 N–H and O–H groups in total. The van der Waals surface area contributed by atoms with Gasteiger partial charge in [0, 0.05) is 18.2 Å². The maximum Gasteiger partial charge on any atom is 0.255 e. The van der Waals surface area contributed by atoms with Gasteiger partial charge >= 0.3 is 0 Å². The van der Waals surface area contributed by atoms with E-state index in [9.17, 15) is 9.18 Å². The molecule has 0 aliphatic heterocycles. The number of benzene rings is 2. The molecular weight excluding hydrogens is 349 g/mol. The number of hydrogen-bond donors (Lipinski definition) is 1. The molecule has 1 aromatic heterocycles. The first-order chi connectivity index (χ1) is 13.0. The second-order valence-electron chi connectivity index (χ2n) is 5.89. The first-order valence-electron chi connectivity index (χ1n) is 8.33. The molecule has 0 spiro atoms. The van der Waals surface area contributed by atoms with Crippen molar-refractivity contribution in [3.05, 3.63) is 71.3 Å². The van der Waals surface area contributed by atoms with Gasteiger partial charge in [0.15, 0.2) is 0 Å². The summed E-state index contributed by atoms with van der Waals surface area (Å²) < 4.78 is 25.2. The summed E-state index contributed by atoms with van der Waals surface area (Å²) in [4.78, 5) is 12.6. The van der Waals surface area contributed by atoms with Gasteiger partial charge in [-0.1, -0.05) is 0 Å². The van der Waals surface area contributed by atoms with Gasteiger partial charge in [0.05, 0.1) is 37.4 Å². The summed E-state index contributed by atoms with van der Waals surface area (Å²) in [5.74, 6) is 0.737. The van der Waals surface area contributed by atoms with Crippen molar-refractivity contribution in [2.45, 2.75) is 13.5 Å². The van der Waals surface area contributed by atoms with Crippen molar-refractivity contribution in [3.63, 3.8) is 0 Å². The Bertz CT molecular complexity index is 952. The van der Waals surface area contributed by atoms with E-state index < -0.39 is 0 Å². The number of nitrogens with zero attached hydrogens (tertiary/aromatic N) is 2. The third-order valence-electron chi connectivity index (χ3n) is 4.26. The fourth-order valence-corrected chi connectivity index (χ4v) is 2.74. The lowest BCUT2D eigenvalue weighted by Crippen LogP contribution is -2.23. The van der Waals surface area contributed by atoms with Gasteiger partial charge < -0.3 is 14.8 Å². The van der Waals surface area contributed by atoms with Crippen LogP contribution in [0.3, 0.4) is 0 Å². The molecule has 0 saturated carbocycles. The van der Waals surface area contributed by atoms with E-state index in [1.54, 1.807) is 44.0 Å². The summed E-state index contributed by atoms with van der Waals surface area (Å²) in [7, 11) is 3.15. The first kappa shape index (κ1) is 18.4. The predicted molar refractivity (Wildman–Crippen MR) is 99.0 cm³/mol. The molecule has 3 rings (SSSR count). The number of halogens is 1. The number of methoxy groups -OCH3 is 2. The zero-order chi connectivity index (χ0) is 19.4. The topological polar surface area (TPSA) is 65.4 Å². The maximum absolute atomic E-state index is 13.1. The third kappa shape index (κ3) is 3.92. The summed E-state index contributed by atoms with van der Waals surface area (Å²) in [6.45, 7) is 2.09. The van der Waals surface area contributed by atoms with Crippen LogP contribution in [0, 0.1) is 12.7 Å². The SMILES string of the molecule is COc1ccc(CNC(=O)c2cnn(-c3ccc(F)cc3)c2C)c(OC)c1. The van der Waals surface area contributed by atoms with Crippen LogP contribution in [0.25, 0.3) is 5.69 Å². The Labute approximate surface area is 156 Å². The van der Waals surface area contributed by atoms with Gasteiger partial charge in [-0.3, -0.25) is 4.79 Å². The van der Waals surface area contributed by atoms with Crippen molar-refractivity contribution < 1.29 is 18.7 Å². The summed E-state index contributed by atoms with van der Waals surface area (Å²) in [5.41, 5.74) is 2.63. The molecule has 27 heavy (non-hydrogen) atoms. The molecule has 0 unspecified atom stereocenters. The summed E-state index contributed by atoms with van der Waals surface area (Å²) in [5, 5.41) is 7.11. The molecule has 0 aliphatic carbocycles. The monoisotopic (exact) mass is 369 g/mol. The number of aromatic nitrogens is 2. The quantitative estimate of drug-likeness (QED) is 0.724. The molecule has 0 aliphatic rings. The molecular formula is C20H20FN3O3. The fourth-order valence-electron chi connectivity index (χ4n) is 2.74. The number of nitrogens with one attached hydrogen (secondary N) is 1. The standard InChI is InChI=1S/C20H20FN3O3/c1-13-18(12-23-24(13)16-7-5-15(21)6-8-16)20(25)22-11-14-4-9-17(26-2)10-19(14)27-3/h4-10,12H,11H2,1-3H3,(H,22,25). The zero-order valence-electron chi connectivity index (χ0n) is 15.3. The lowest BCUT2D eigenvalue weighted by molar-refractivity contribution is 0.0950. The van der Waals surface area contributed by atoms with E-state index in [-0.39, 0.29) is 11.7 Å². The summed E-state index contributed by atoms with van der Waals surface area (Å²) in [6.07, 6.45) is 1.50. The average Bonchev–Trinajstić information content (AvgIpc) is 3.08. The molecule has 0 atom stereocenters. The van der Waals surface area contributed by atoms with Crippen molar-refractivity contribution in [2.24, 2.45) is 0 Å². The van der Waals surface area contributed by atoms with Crippen LogP contribution in [0.1, 0.15) is 21.6 Å². The molecule has 0 fully saturated rings. The molecule has 0 radical (unpaired) electrons. The molecule has 7 heteroatoms. The van der Waals surface area contributed by atoms with E-state index in [1.165, 1.54) is 18.3 Å². The van der Waals surface area contributed by atoms with Gasteiger partial charge in [-0.25, -0.2) is 9.07 Å². The number of carbonyl (C=O) groups is 1. The van der Waals surface area contributed by atoms with E-state index in [2.05, 4.69) is 10.4 Å². The first-order valence-corrected chi connectivity index (χ1v) is 8.33. The van der Waals surface area contributed by atoms with Crippen molar-refractivity contribution in [1.82, 2.24) is 15.1 Å². The number of hydrogen-bond acceptors (Lipinski definition) is 4. The minimum absolute atomic E-state index is 0.251. The molecule has 3 aromatic rings. The van der Waals surface area contributed by atoms with E-state index in [4.69, 9.17) is 9.47 Å². The van der Waals surface area contributed by atoms with Crippen molar-refractivity contribution in [1.29, 1.82) is 0 Å². The highest BCUT2D eigenvalue weighted by Gasteiger charge is 2.16. The van der Waals surface area contributed by atoms with Gasteiger partial charge in [0.2, 0.25) is 0 Å². The predicted octanol–water partition coefficient (Wildman–Crippen LogP) is 3.27. The number of rotatable bonds is 6. The Kier molecular flexibility index (Phi) is 5.40. The molecule has 0 bridgehead atoms. The second-order valence-corrected chi connectivity index (χ2v) is 5.89. The van der Waals surface area contributed by atoms with Gasteiger partial charge in [0.1, 0.15) is 17.3 Å². The number of carbonyl (C=O) groups excluding carboxylic acids is 1. The molecule has 1 heterocycles. The Morgan fingerprint density at radius 3 is 2.56 bits per heavy atom. The average molecular weight is 369 g/mol. The maximum atomic E-state index is 13.1. The number of ether oxygens (including phenoxy) is 2. The molecule has 1 amide bonds. The lowest BCUT2D eigenvalue weighted by Gasteiger charge is -2.11. The third-order valence-corrected chi connectivity index (χ3v) is 4.26. The Morgan fingerprint density at radius 1 is 1.15 bits per heavy atom. The molecule has 6 nitrogen and oxygen atoms in total. The van der Waals surface area contributed by atoms with Crippen LogP contribution in [0.15, 0.2) is 48.7 Å². The molecule has 140 valence electrons. The van der Waals surface area contributed by atoms with Crippen molar-refractivity contribution in [3.8, 4) is 17.2 Å². The van der Waals surface area contributed by atoms with Crippen LogP contribution in [-0.4, -0.2) is 29.9 Å². The minimum Gasteiger partial charge on any atom is -0.497 e. The van der Waals surface area contributed by atoms with E-state index in [0.717, 1.165) is 5.56 Å². The van der Waals surface area contributed by atoms with Crippen LogP contribution in [0.4, 0.5) is 4.39 Å². The summed E-state index contributed by atoms with van der Waals surface area (Å²) >= 11 is 0. The highest BCUT2D eigenvalue weighted by molar-refractivity contribution is 5.95. The fraction of sp³-hybridized carbons (Fsp3) is 0.200. The van der Waals surface area contributed by atoms with Gasteiger partial charge in [-0.2, -0.15) is 5.10 Å². The van der Waals surface area contributed by atoms with E-state index in [1.807, 2.05) is 12.1 Å². The highest BCUT2D eigenvalue weighted by atomic mass is 19.1. The molecule has 0 saturated heterocycles. The van der Waals surface area contributed by atoms with Crippen LogP contribution in [0.5, 0.6) is 11.5 Å². The largest absolute Gasteiger partial charge is 0.497 e. The van der Waals surface area contributed by atoms with Crippen molar-refractivity contribution in [2.75, 3.05) is 14.2 Å². The minimum atomic E-state index is -0.324. The van der Waals surface area contributed by atoms with E-state index in [0.29, 0.717) is 35.0 Å². The summed E-state index contributed by atoms with van der Waals surface area (Å²) in [6, 6.07) is 11.3. The van der Waals surface area contributed by atoms with Gasteiger partial charge in [-0.05, 0) is 43.3 Å². The van der Waals surface area contributed by atoms with Crippen LogP contribution >= 0.6 is 0 Å². The molecule has 2 aromatic carbocycles. The van der Waals surface area contributed by atoms with Crippen LogP contribution in [0.2, 0.25) is 0 Å². The van der Waals surface area contributed by atoms with Gasteiger partial charge in [-0.15, -0.1) is 0 Å². The second kappa shape index (κ2) is 7.90. The van der Waals surface area contributed by atoms with Crippen LogP contribution in [-0.2, 0) is 6.54 Å². The Morgan fingerprint density at radius 2 is 1.89 bits per heavy atom. The van der Waals surface area contributed by atoms with Crippen LogP contribution < -0.4 is 14.8 Å². The Balaban J connectivity index is 1.75. The Hall–Kier alpha value is -3.35. The van der Waals surface area contributed by atoms with Crippen molar-refractivity contribution >= 4 is 5.91 Å². The highest BCUT2D eigenvalue weighted by Crippen LogP contribution is 2.24. The normalized spacial score (nSPS) is 10.5. The number of amides is 1. The zero-order valence-corrected chi connectivity index (χ0v) is 15.3. The lowest BCUT2D eigenvalue weighted by atomic mass is 10.1. The van der Waals surface area contributed by atoms with Gasteiger partial charge in [0.25, 0.3) is 5.91 Å². The smallest absolute Gasteiger partial charge is 0.255 e. The van der Waals surface area contributed by atoms with E-state index >= 15 is 0 Å².